The van der Waals surface area contributed by atoms with Gasteiger partial charge in [0.2, 0.25) is 0 Å². The van der Waals surface area contributed by atoms with E-state index < -0.39 is 11.8 Å². The van der Waals surface area contributed by atoms with Crippen molar-refractivity contribution in [2.75, 3.05) is 19.5 Å². The van der Waals surface area contributed by atoms with Gasteiger partial charge in [-0.1, -0.05) is 35.9 Å². The van der Waals surface area contributed by atoms with Crippen LogP contribution < -0.4 is 25.0 Å². The van der Waals surface area contributed by atoms with Crippen LogP contribution in [0.15, 0.2) is 70.2 Å². The fourth-order valence-corrected chi connectivity index (χ4v) is 3.53. The normalized spacial score (nSPS) is 10.6. The average molecular weight is 547 g/mol. The van der Waals surface area contributed by atoms with Crippen LogP contribution in [0.4, 0.5) is 5.69 Å². The molecule has 0 unspecified atom stereocenters. The van der Waals surface area contributed by atoms with E-state index in [9.17, 15) is 9.59 Å². The highest BCUT2D eigenvalue weighted by Gasteiger charge is 2.15. The number of nitrogens with zero attached hydrogens (tertiary/aromatic N) is 1. The summed E-state index contributed by atoms with van der Waals surface area (Å²) in [6.45, 7) is 0.316. The minimum absolute atomic E-state index is 0.316. The number of benzene rings is 3. The molecule has 3 aromatic carbocycles. The minimum atomic E-state index is -0.934. The standard InChI is InChI=1S/C24H21BrClN3O5/c1-32-20-6-4-3-5-19(20)28-23(30)24(31)29-27-13-16-11-18(25)22(21(12-16)33-2)34-14-15-7-9-17(26)10-8-15/h3-13H,14H2,1-2H3,(H,28,30)(H,29,31)/b27-13+. The van der Waals surface area contributed by atoms with Crippen LogP contribution >= 0.6 is 27.5 Å². The second kappa shape index (κ2) is 12.1. The summed E-state index contributed by atoms with van der Waals surface area (Å²) in [6, 6.07) is 17.5. The molecule has 34 heavy (non-hydrogen) atoms. The second-order valence-corrected chi connectivity index (χ2v) is 8.09. The Hall–Kier alpha value is -3.56. The summed E-state index contributed by atoms with van der Waals surface area (Å²) in [5, 5.41) is 6.97. The smallest absolute Gasteiger partial charge is 0.329 e. The topological polar surface area (TPSA) is 98.2 Å². The van der Waals surface area contributed by atoms with Gasteiger partial charge in [-0.05, 0) is 63.5 Å². The molecule has 0 aromatic heterocycles. The number of hydrogen-bond acceptors (Lipinski definition) is 6. The molecule has 3 aromatic rings. The molecule has 0 heterocycles. The van der Waals surface area contributed by atoms with Gasteiger partial charge in [0.15, 0.2) is 11.5 Å². The number of carbonyl (C=O) groups excluding carboxylic acids is 2. The van der Waals surface area contributed by atoms with Crippen LogP contribution in [-0.2, 0) is 16.2 Å². The zero-order valence-electron chi connectivity index (χ0n) is 18.3. The molecule has 3 rings (SSSR count). The monoisotopic (exact) mass is 545 g/mol. The van der Waals surface area contributed by atoms with Crippen molar-refractivity contribution in [3.8, 4) is 17.2 Å². The van der Waals surface area contributed by atoms with Crippen molar-refractivity contribution < 1.29 is 23.8 Å². The molecule has 0 saturated heterocycles. The van der Waals surface area contributed by atoms with Crippen molar-refractivity contribution in [3.05, 3.63) is 81.3 Å². The molecule has 0 bridgehead atoms. The van der Waals surface area contributed by atoms with Crippen molar-refractivity contribution in [1.29, 1.82) is 0 Å². The first-order chi connectivity index (χ1) is 16.4. The van der Waals surface area contributed by atoms with E-state index in [0.717, 1.165) is 5.56 Å². The first kappa shape index (κ1) is 25.1. The molecule has 0 spiro atoms. The van der Waals surface area contributed by atoms with Gasteiger partial charge >= 0.3 is 11.8 Å². The van der Waals surface area contributed by atoms with Gasteiger partial charge in [0, 0.05) is 5.02 Å². The Morgan fingerprint density at radius 3 is 2.41 bits per heavy atom. The van der Waals surface area contributed by atoms with Crippen molar-refractivity contribution in [2.45, 2.75) is 6.61 Å². The second-order valence-electron chi connectivity index (χ2n) is 6.80. The summed E-state index contributed by atoms with van der Waals surface area (Å²) in [7, 11) is 2.98. The van der Waals surface area contributed by atoms with Gasteiger partial charge in [0.05, 0.1) is 30.6 Å². The summed E-state index contributed by atoms with van der Waals surface area (Å²) >= 11 is 9.38. The Bertz CT molecular complexity index is 1200. The average Bonchev–Trinajstić information content (AvgIpc) is 2.84. The number of nitrogens with one attached hydrogen (secondary N) is 2. The predicted molar refractivity (Wildman–Crippen MR) is 134 cm³/mol. The predicted octanol–water partition coefficient (Wildman–Crippen LogP) is 4.79. The highest BCUT2D eigenvalue weighted by molar-refractivity contribution is 9.10. The van der Waals surface area contributed by atoms with Gasteiger partial charge < -0.3 is 19.5 Å². The summed E-state index contributed by atoms with van der Waals surface area (Å²) in [6.07, 6.45) is 1.38. The summed E-state index contributed by atoms with van der Waals surface area (Å²) in [5.41, 5.74) is 4.11. The van der Waals surface area contributed by atoms with Gasteiger partial charge in [-0.2, -0.15) is 5.10 Å². The number of anilines is 1. The number of halogens is 2. The molecule has 8 nitrogen and oxygen atoms in total. The van der Waals surface area contributed by atoms with Crippen LogP contribution in [0.3, 0.4) is 0 Å². The maximum absolute atomic E-state index is 12.1. The SMILES string of the molecule is COc1ccccc1NC(=O)C(=O)N/N=C/c1cc(Br)c(OCc2ccc(Cl)cc2)c(OC)c1. The molecule has 0 saturated carbocycles. The van der Waals surface area contributed by atoms with Crippen molar-refractivity contribution >= 4 is 51.2 Å². The van der Waals surface area contributed by atoms with Crippen LogP contribution in [0.25, 0.3) is 0 Å². The minimum Gasteiger partial charge on any atom is -0.495 e. The lowest BCUT2D eigenvalue weighted by atomic mass is 10.2. The van der Waals surface area contributed by atoms with E-state index in [1.807, 2.05) is 12.1 Å². The highest BCUT2D eigenvalue weighted by atomic mass is 79.9. The Kier molecular flexibility index (Phi) is 8.89. The largest absolute Gasteiger partial charge is 0.495 e. The Morgan fingerprint density at radius 2 is 1.71 bits per heavy atom. The zero-order chi connectivity index (χ0) is 24.5. The van der Waals surface area contributed by atoms with Crippen molar-refractivity contribution in [2.24, 2.45) is 5.10 Å². The Balaban J connectivity index is 1.62. The molecular weight excluding hydrogens is 526 g/mol. The molecule has 176 valence electrons. The van der Waals surface area contributed by atoms with E-state index in [0.29, 0.717) is 44.6 Å². The first-order valence-electron chi connectivity index (χ1n) is 9.93. The third-order valence-electron chi connectivity index (χ3n) is 4.49. The molecular formula is C24H21BrClN3O5. The number of para-hydroxylation sites is 2. The number of methoxy groups -OCH3 is 2. The maximum atomic E-state index is 12.1. The molecule has 0 fully saturated rings. The molecule has 0 radical (unpaired) electrons. The molecule has 2 amide bonds. The third-order valence-corrected chi connectivity index (χ3v) is 5.33. The van der Waals surface area contributed by atoms with E-state index in [4.69, 9.17) is 25.8 Å². The molecule has 0 atom stereocenters. The number of rotatable bonds is 8. The highest BCUT2D eigenvalue weighted by Crippen LogP contribution is 2.37. The third kappa shape index (κ3) is 6.72. The van der Waals surface area contributed by atoms with Gasteiger partial charge in [-0.15, -0.1) is 0 Å². The lowest BCUT2D eigenvalue weighted by molar-refractivity contribution is -0.136. The first-order valence-corrected chi connectivity index (χ1v) is 11.1. The van der Waals surface area contributed by atoms with Crippen LogP contribution in [0.1, 0.15) is 11.1 Å². The molecule has 2 N–H and O–H groups in total. The van der Waals surface area contributed by atoms with Gasteiger partial charge in [0.25, 0.3) is 0 Å². The summed E-state index contributed by atoms with van der Waals surface area (Å²) in [4.78, 5) is 24.2. The van der Waals surface area contributed by atoms with Crippen molar-refractivity contribution in [1.82, 2.24) is 5.43 Å². The van der Waals surface area contributed by atoms with Crippen LogP contribution in [-0.4, -0.2) is 32.2 Å². The van der Waals surface area contributed by atoms with E-state index in [1.54, 1.807) is 48.5 Å². The van der Waals surface area contributed by atoms with E-state index in [1.165, 1.54) is 20.4 Å². The van der Waals surface area contributed by atoms with Crippen LogP contribution in [0, 0.1) is 0 Å². The van der Waals surface area contributed by atoms with Gasteiger partial charge in [-0.25, -0.2) is 5.43 Å². The lowest BCUT2D eigenvalue weighted by Gasteiger charge is -2.13. The molecule has 0 aliphatic carbocycles. The fourth-order valence-electron chi connectivity index (χ4n) is 2.83. The van der Waals surface area contributed by atoms with Gasteiger partial charge in [0.1, 0.15) is 12.4 Å². The fraction of sp³-hybridized carbons (Fsp3) is 0.125. The Morgan fingerprint density at radius 1 is 1.00 bits per heavy atom. The van der Waals surface area contributed by atoms with E-state index in [2.05, 4.69) is 31.8 Å². The number of carbonyl (C=O) groups is 2. The number of ether oxygens (including phenoxy) is 3. The number of hydrogen-bond donors (Lipinski definition) is 2. The molecule has 0 aliphatic heterocycles. The van der Waals surface area contributed by atoms with Crippen LogP contribution in [0.2, 0.25) is 5.02 Å². The molecule has 10 heteroatoms. The van der Waals surface area contributed by atoms with Crippen LogP contribution in [0.5, 0.6) is 17.2 Å². The zero-order valence-corrected chi connectivity index (χ0v) is 20.6. The summed E-state index contributed by atoms with van der Waals surface area (Å²) in [5.74, 6) is -0.412. The lowest BCUT2D eigenvalue weighted by Crippen LogP contribution is -2.32. The Labute approximate surface area is 210 Å². The van der Waals surface area contributed by atoms with E-state index >= 15 is 0 Å². The number of hydrazone groups is 1. The summed E-state index contributed by atoms with van der Waals surface area (Å²) < 4.78 is 17.1. The quantitative estimate of drug-likeness (QED) is 0.241. The van der Waals surface area contributed by atoms with Crippen molar-refractivity contribution in [3.63, 3.8) is 0 Å². The number of amides is 2. The maximum Gasteiger partial charge on any atom is 0.329 e. The molecule has 0 aliphatic rings. The van der Waals surface area contributed by atoms with Gasteiger partial charge in [-0.3, -0.25) is 9.59 Å². The van der Waals surface area contributed by atoms with E-state index in [-0.39, 0.29) is 0 Å².